The minimum atomic E-state index is -0.817. The quantitative estimate of drug-likeness (QED) is 0.202. The largest absolute Gasteiger partial charge is 0.508 e. The van der Waals surface area contributed by atoms with E-state index in [-0.39, 0.29) is 22.9 Å². The SMILES string of the molecule is CN[C@@H](C)C(=O)O.CN[C@@H](C)C(=O)Oc1ccc([N+](=O)[O-])cc1.O=[N+]([O-])c1ccc(O)cc1. The second kappa shape index (κ2) is 14.8. The van der Waals surface area contributed by atoms with Gasteiger partial charge in [-0.25, -0.2) is 4.79 Å². The number of nitrogens with zero attached hydrogens (tertiary/aromatic N) is 2. The zero-order valence-corrected chi connectivity index (χ0v) is 18.4. The van der Waals surface area contributed by atoms with Gasteiger partial charge >= 0.3 is 11.9 Å². The Morgan fingerprint density at radius 2 is 1.24 bits per heavy atom. The molecule has 13 heteroatoms. The van der Waals surface area contributed by atoms with Crippen LogP contribution in [-0.2, 0) is 9.59 Å². The molecule has 0 fully saturated rings. The van der Waals surface area contributed by atoms with E-state index in [0.29, 0.717) is 0 Å². The molecule has 2 atom stereocenters. The third kappa shape index (κ3) is 11.8. The molecule has 2 rings (SSSR count). The van der Waals surface area contributed by atoms with Gasteiger partial charge in [-0.15, -0.1) is 0 Å². The summed E-state index contributed by atoms with van der Waals surface area (Å²) in [5.74, 6) is -0.929. The number of phenols is 1. The van der Waals surface area contributed by atoms with Gasteiger partial charge in [0.25, 0.3) is 11.4 Å². The van der Waals surface area contributed by atoms with E-state index in [4.69, 9.17) is 14.9 Å². The van der Waals surface area contributed by atoms with Gasteiger partial charge in [0, 0.05) is 24.3 Å². The Hall–Kier alpha value is -4.10. The number of nitrogens with one attached hydrogen (secondary N) is 2. The van der Waals surface area contributed by atoms with Crippen LogP contribution in [0.15, 0.2) is 48.5 Å². The number of esters is 1. The fourth-order valence-electron chi connectivity index (χ4n) is 1.66. The summed E-state index contributed by atoms with van der Waals surface area (Å²) in [5.41, 5.74) is -0.0562. The van der Waals surface area contributed by atoms with Crippen molar-refractivity contribution in [1.82, 2.24) is 10.6 Å². The van der Waals surface area contributed by atoms with E-state index >= 15 is 0 Å². The number of rotatable bonds is 7. The van der Waals surface area contributed by atoms with Gasteiger partial charge in [0.2, 0.25) is 0 Å². The summed E-state index contributed by atoms with van der Waals surface area (Å²) < 4.78 is 4.98. The molecular weight excluding hydrogens is 440 g/mol. The number of aliphatic carboxylic acids is 1. The molecule has 0 spiro atoms. The van der Waals surface area contributed by atoms with Crippen LogP contribution in [0.2, 0.25) is 0 Å². The summed E-state index contributed by atoms with van der Waals surface area (Å²) in [7, 11) is 3.25. The summed E-state index contributed by atoms with van der Waals surface area (Å²) >= 11 is 0. The van der Waals surface area contributed by atoms with E-state index in [1.165, 1.54) is 48.5 Å². The number of aromatic hydroxyl groups is 1. The first-order valence-electron chi connectivity index (χ1n) is 9.39. The van der Waals surface area contributed by atoms with Gasteiger partial charge in [0.15, 0.2) is 0 Å². The summed E-state index contributed by atoms with van der Waals surface area (Å²) in [6.45, 7) is 3.25. The highest BCUT2D eigenvalue weighted by Gasteiger charge is 2.13. The van der Waals surface area contributed by atoms with Gasteiger partial charge in [-0.2, -0.15) is 0 Å². The van der Waals surface area contributed by atoms with Gasteiger partial charge in [0.05, 0.1) is 9.85 Å². The standard InChI is InChI=1S/C10H12N2O4.C6H5NO3.C4H9NO2/c1-7(11-2)10(13)16-9-5-3-8(4-6-9)12(14)15;8-6-3-1-5(2-4-6)7(9)10;1-3(5-2)4(6)7/h3-7,11H,1-2H3;1-4,8H;3,5H,1-2H3,(H,6,7)/t7-;;3-/m0.0/s1. The van der Waals surface area contributed by atoms with E-state index in [0.717, 1.165) is 0 Å². The van der Waals surface area contributed by atoms with Crippen molar-refractivity contribution in [3.8, 4) is 11.5 Å². The van der Waals surface area contributed by atoms with Crippen LogP contribution >= 0.6 is 0 Å². The molecule has 0 saturated heterocycles. The molecule has 0 radical (unpaired) electrons. The molecule has 0 saturated carbocycles. The average molecular weight is 466 g/mol. The first-order chi connectivity index (χ1) is 15.4. The molecule has 0 bridgehead atoms. The van der Waals surface area contributed by atoms with Crippen molar-refractivity contribution < 1.29 is 34.4 Å². The maximum Gasteiger partial charge on any atom is 0.328 e. The van der Waals surface area contributed by atoms with Crippen LogP contribution in [0.4, 0.5) is 11.4 Å². The van der Waals surface area contributed by atoms with E-state index in [2.05, 4.69) is 10.6 Å². The van der Waals surface area contributed by atoms with E-state index in [1.807, 2.05) is 0 Å². The van der Waals surface area contributed by atoms with Crippen molar-refractivity contribution in [1.29, 1.82) is 0 Å². The topological polar surface area (TPSA) is 194 Å². The number of nitro benzene ring substituents is 2. The number of nitro groups is 2. The van der Waals surface area contributed by atoms with Gasteiger partial charge in [-0.05, 0) is 52.2 Å². The number of carboxylic acid groups (broad SMARTS) is 1. The zero-order valence-electron chi connectivity index (χ0n) is 18.4. The van der Waals surface area contributed by atoms with Crippen LogP contribution in [-0.4, -0.2) is 58.2 Å². The van der Waals surface area contributed by atoms with E-state index in [9.17, 15) is 29.8 Å². The monoisotopic (exact) mass is 466 g/mol. The lowest BCUT2D eigenvalue weighted by Gasteiger charge is -2.09. The molecule has 180 valence electrons. The minimum absolute atomic E-state index is 0.0159. The molecule has 4 N–H and O–H groups in total. The third-order valence-corrected chi connectivity index (χ3v) is 3.92. The normalized spacial score (nSPS) is 11.4. The number of phenolic OH excluding ortho intramolecular Hbond substituents is 1. The number of hydrogen-bond donors (Lipinski definition) is 4. The molecule has 2 aromatic rings. The van der Waals surface area contributed by atoms with Crippen LogP contribution in [0.5, 0.6) is 11.5 Å². The second-order valence-corrected chi connectivity index (χ2v) is 6.30. The van der Waals surface area contributed by atoms with Crippen LogP contribution in [0.1, 0.15) is 13.8 Å². The lowest BCUT2D eigenvalue weighted by molar-refractivity contribution is -0.385. The predicted octanol–water partition coefficient (Wildman–Crippen LogP) is 2.09. The molecular formula is C20H26N4O9. The van der Waals surface area contributed by atoms with Crippen molar-refractivity contribution in [2.75, 3.05) is 14.1 Å². The number of carbonyl (C=O) groups excluding carboxylic acids is 1. The number of non-ortho nitro benzene ring substituents is 2. The lowest BCUT2D eigenvalue weighted by Crippen LogP contribution is -2.34. The molecule has 33 heavy (non-hydrogen) atoms. The molecule has 0 aromatic heterocycles. The Morgan fingerprint density at radius 1 is 0.848 bits per heavy atom. The molecule has 0 aliphatic carbocycles. The summed E-state index contributed by atoms with van der Waals surface area (Å²) in [6.07, 6.45) is 0. The molecule has 2 aromatic carbocycles. The second-order valence-electron chi connectivity index (χ2n) is 6.30. The number of likely N-dealkylation sites (N-methyl/N-ethyl adjacent to an activating group) is 2. The summed E-state index contributed by atoms with van der Waals surface area (Å²) in [4.78, 5) is 40.6. The average Bonchev–Trinajstić information content (AvgIpc) is 2.79. The van der Waals surface area contributed by atoms with Crippen molar-refractivity contribution in [2.24, 2.45) is 0 Å². The van der Waals surface area contributed by atoms with Crippen molar-refractivity contribution >= 4 is 23.3 Å². The molecule has 0 aliphatic rings. The fraction of sp³-hybridized carbons (Fsp3) is 0.300. The number of benzene rings is 2. The number of ether oxygens (including phenoxy) is 1. The molecule has 0 aliphatic heterocycles. The van der Waals surface area contributed by atoms with E-state index < -0.39 is 33.9 Å². The number of carboxylic acids is 1. The Bertz CT molecular complexity index is 918. The molecule has 0 heterocycles. The smallest absolute Gasteiger partial charge is 0.328 e. The third-order valence-electron chi connectivity index (χ3n) is 3.92. The van der Waals surface area contributed by atoms with Gasteiger partial charge in [-0.1, -0.05) is 0 Å². The van der Waals surface area contributed by atoms with Crippen LogP contribution < -0.4 is 15.4 Å². The Kier molecular flexibility index (Phi) is 13.0. The first-order valence-corrected chi connectivity index (χ1v) is 9.39. The van der Waals surface area contributed by atoms with Crippen LogP contribution in [0, 0.1) is 20.2 Å². The van der Waals surface area contributed by atoms with Crippen molar-refractivity contribution in [2.45, 2.75) is 25.9 Å². The first kappa shape index (κ1) is 28.9. The zero-order chi connectivity index (χ0) is 25.6. The highest BCUT2D eigenvalue weighted by atomic mass is 16.6. The van der Waals surface area contributed by atoms with Gasteiger partial charge < -0.3 is 25.6 Å². The Balaban J connectivity index is 0.000000514. The maximum absolute atomic E-state index is 11.3. The minimum Gasteiger partial charge on any atom is -0.508 e. The number of carbonyl (C=O) groups is 2. The molecule has 0 unspecified atom stereocenters. The highest BCUT2D eigenvalue weighted by Crippen LogP contribution is 2.17. The summed E-state index contributed by atoms with van der Waals surface area (Å²) in [5, 5.41) is 42.5. The van der Waals surface area contributed by atoms with Crippen LogP contribution in [0.25, 0.3) is 0 Å². The Labute approximate surface area is 189 Å². The van der Waals surface area contributed by atoms with Gasteiger partial charge in [-0.3, -0.25) is 25.0 Å². The lowest BCUT2D eigenvalue weighted by atomic mass is 10.3. The van der Waals surface area contributed by atoms with Crippen LogP contribution in [0.3, 0.4) is 0 Å². The highest BCUT2D eigenvalue weighted by molar-refractivity contribution is 5.77. The Morgan fingerprint density at radius 3 is 1.55 bits per heavy atom. The fourth-order valence-corrected chi connectivity index (χ4v) is 1.66. The van der Waals surface area contributed by atoms with E-state index in [1.54, 1.807) is 27.9 Å². The van der Waals surface area contributed by atoms with Crippen molar-refractivity contribution in [3.05, 3.63) is 68.8 Å². The number of hydrogen-bond acceptors (Lipinski definition) is 10. The predicted molar refractivity (Wildman–Crippen MR) is 118 cm³/mol. The molecule has 13 nitrogen and oxygen atoms in total. The van der Waals surface area contributed by atoms with Gasteiger partial charge in [0.1, 0.15) is 23.6 Å². The summed E-state index contributed by atoms with van der Waals surface area (Å²) in [6, 6.07) is 9.53. The van der Waals surface area contributed by atoms with Crippen molar-refractivity contribution in [3.63, 3.8) is 0 Å². The maximum atomic E-state index is 11.3. The molecule has 0 amide bonds.